The molecule has 78 valence electrons. The van der Waals surface area contributed by atoms with Crippen molar-refractivity contribution in [3.8, 4) is 0 Å². The SMILES string of the molecule is CCCCCC(OC(C)=O)C(C)I. The minimum Gasteiger partial charge on any atom is -0.461 e. The molecule has 2 nitrogen and oxygen atoms in total. The van der Waals surface area contributed by atoms with E-state index in [1.807, 2.05) is 0 Å². The molecule has 0 aromatic carbocycles. The number of hydrogen-bond acceptors (Lipinski definition) is 2. The predicted molar refractivity (Wildman–Crippen MR) is 63.2 cm³/mol. The van der Waals surface area contributed by atoms with Crippen molar-refractivity contribution in [2.45, 2.75) is 56.5 Å². The van der Waals surface area contributed by atoms with Crippen LogP contribution in [0.25, 0.3) is 0 Å². The van der Waals surface area contributed by atoms with E-state index in [1.54, 1.807) is 0 Å². The minimum absolute atomic E-state index is 0.102. The van der Waals surface area contributed by atoms with Crippen molar-refractivity contribution in [2.24, 2.45) is 0 Å². The maximum absolute atomic E-state index is 10.8. The van der Waals surface area contributed by atoms with Crippen molar-refractivity contribution in [3.63, 3.8) is 0 Å². The number of alkyl halides is 1. The lowest BCUT2D eigenvalue weighted by molar-refractivity contribution is -0.146. The third-order valence-corrected chi connectivity index (χ3v) is 2.72. The van der Waals surface area contributed by atoms with Gasteiger partial charge < -0.3 is 4.74 Å². The summed E-state index contributed by atoms with van der Waals surface area (Å²) < 4.78 is 5.61. The minimum atomic E-state index is -0.162. The summed E-state index contributed by atoms with van der Waals surface area (Å²) in [6.45, 7) is 5.74. The van der Waals surface area contributed by atoms with Gasteiger partial charge in [-0.1, -0.05) is 42.4 Å². The smallest absolute Gasteiger partial charge is 0.302 e. The summed E-state index contributed by atoms with van der Waals surface area (Å²) in [6, 6.07) is 0. The molecule has 0 heterocycles. The fourth-order valence-electron chi connectivity index (χ4n) is 1.19. The number of esters is 1. The summed E-state index contributed by atoms with van der Waals surface area (Å²) in [6.07, 6.45) is 4.69. The second-order valence-electron chi connectivity index (χ2n) is 3.32. The number of carbonyl (C=O) groups is 1. The Hall–Kier alpha value is 0.200. The Balaban J connectivity index is 3.74. The molecule has 0 aromatic rings. The van der Waals surface area contributed by atoms with Crippen LogP contribution >= 0.6 is 22.6 Å². The zero-order valence-corrected chi connectivity index (χ0v) is 10.8. The molecule has 0 saturated heterocycles. The van der Waals surface area contributed by atoms with Crippen LogP contribution in [0.2, 0.25) is 0 Å². The van der Waals surface area contributed by atoms with E-state index >= 15 is 0 Å². The van der Waals surface area contributed by atoms with Crippen molar-refractivity contribution < 1.29 is 9.53 Å². The van der Waals surface area contributed by atoms with Crippen molar-refractivity contribution in [1.29, 1.82) is 0 Å². The lowest BCUT2D eigenvalue weighted by Gasteiger charge is -2.19. The molecule has 0 aliphatic rings. The van der Waals surface area contributed by atoms with Gasteiger partial charge >= 0.3 is 5.97 Å². The van der Waals surface area contributed by atoms with E-state index in [0.717, 1.165) is 12.8 Å². The van der Waals surface area contributed by atoms with Crippen LogP contribution in [0, 0.1) is 0 Å². The molecule has 0 aliphatic heterocycles. The van der Waals surface area contributed by atoms with Gasteiger partial charge in [0.25, 0.3) is 0 Å². The van der Waals surface area contributed by atoms with E-state index < -0.39 is 0 Å². The number of halogens is 1. The van der Waals surface area contributed by atoms with Crippen LogP contribution in [0.5, 0.6) is 0 Å². The Morgan fingerprint density at radius 3 is 2.46 bits per heavy atom. The van der Waals surface area contributed by atoms with Gasteiger partial charge in [-0.2, -0.15) is 0 Å². The molecule has 0 radical (unpaired) electrons. The van der Waals surface area contributed by atoms with Crippen LogP contribution in [0.1, 0.15) is 46.5 Å². The first kappa shape index (κ1) is 13.2. The lowest BCUT2D eigenvalue weighted by atomic mass is 10.1. The van der Waals surface area contributed by atoms with Crippen LogP contribution in [-0.4, -0.2) is 16.0 Å². The monoisotopic (exact) mass is 298 g/mol. The fourth-order valence-corrected chi connectivity index (χ4v) is 1.70. The van der Waals surface area contributed by atoms with Gasteiger partial charge in [0.05, 0.1) is 0 Å². The summed E-state index contributed by atoms with van der Waals surface area (Å²) >= 11 is 2.31. The molecule has 0 N–H and O–H groups in total. The van der Waals surface area contributed by atoms with E-state index in [0.29, 0.717) is 3.92 Å². The molecular weight excluding hydrogens is 279 g/mol. The van der Waals surface area contributed by atoms with Crippen molar-refractivity contribution in [1.82, 2.24) is 0 Å². The third kappa shape index (κ3) is 7.28. The van der Waals surface area contributed by atoms with E-state index in [9.17, 15) is 4.79 Å². The Bertz CT molecular complexity index is 146. The molecule has 0 spiro atoms. The summed E-state index contributed by atoms with van der Waals surface area (Å²) in [4.78, 5) is 10.8. The zero-order valence-electron chi connectivity index (χ0n) is 8.68. The average molecular weight is 298 g/mol. The summed E-state index contributed by atoms with van der Waals surface area (Å²) in [5.74, 6) is -0.162. The highest BCUT2D eigenvalue weighted by Gasteiger charge is 2.16. The van der Waals surface area contributed by atoms with Gasteiger partial charge in [-0.25, -0.2) is 0 Å². The van der Waals surface area contributed by atoms with Gasteiger partial charge in [-0.3, -0.25) is 4.79 Å². The van der Waals surface area contributed by atoms with Crippen molar-refractivity contribution >= 4 is 28.6 Å². The first-order chi connectivity index (χ1) is 6.07. The first-order valence-electron chi connectivity index (χ1n) is 4.89. The average Bonchev–Trinajstić information content (AvgIpc) is 2.02. The maximum Gasteiger partial charge on any atom is 0.302 e. The second kappa shape index (κ2) is 7.59. The van der Waals surface area contributed by atoms with Gasteiger partial charge in [0.2, 0.25) is 0 Å². The predicted octanol–water partition coefficient (Wildman–Crippen LogP) is 3.32. The van der Waals surface area contributed by atoms with Crippen LogP contribution in [-0.2, 0) is 9.53 Å². The van der Waals surface area contributed by atoms with Gasteiger partial charge in [-0.05, 0) is 19.8 Å². The van der Waals surface area contributed by atoms with Crippen LogP contribution in [0.15, 0.2) is 0 Å². The normalized spacial score (nSPS) is 15.1. The van der Waals surface area contributed by atoms with Crippen LogP contribution in [0.4, 0.5) is 0 Å². The number of unbranched alkanes of at least 4 members (excludes halogenated alkanes) is 2. The van der Waals surface area contributed by atoms with Gasteiger partial charge in [0, 0.05) is 10.8 Å². The molecule has 0 bridgehead atoms. The Morgan fingerprint density at radius 1 is 1.46 bits per heavy atom. The van der Waals surface area contributed by atoms with E-state index in [4.69, 9.17) is 4.74 Å². The molecular formula is C10H19IO2. The molecule has 0 aliphatic carbocycles. The quantitative estimate of drug-likeness (QED) is 0.325. The van der Waals surface area contributed by atoms with Crippen LogP contribution in [0.3, 0.4) is 0 Å². The van der Waals surface area contributed by atoms with E-state index in [2.05, 4.69) is 36.4 Å². The standard InChI is InChI=1S/C10H19IO2/c1-4-5-6-7-10(8(2)11)13-9(3)12/h8,10H,4-7H2,1-3H3. The molecule has 0 saturated carbocycles. The molecule has 0 aromatic heterocycles. The topological polar surface area (TPSA) is 26.3 Å². The lowest BCUT2D eigenvalue weighted by Crippen LogP contribution is -2.24. The second-order valence-corrected chi connectivity index (χ2v) is 5.29. The van der Waals surface area contributed by atoms with Gasteiger partial charge in [0.1, 0.15) is 6.10 Å². The summed E-state index contributed by atoms with van der Waals surface area (Å²) in [5.41, 5.74) is 0. The molecule has 0 rings (SSSR count). The molecule has 0 fully saturated rings. The van der Waals surface area contributed by atoms with E-state index in [1.165, 1.54) is 19.8 Å². The number of ether oxygens (including phenoxy) is 1. The maximum atomic E-state index is 10.8. The number of carbonyl (C=O) groups excluding carboxylic acids is 1. The van der Waals surface area contributed by atoms with Crippen LogP contribution < -0.4 is 0 Å². The molecule has 2 atom stereocenters. The highest BCUT2D eigenvalue weighted by atomic mass is 127. The Morgan fingerprint density at radius 2 is 2.08 bits per heavy atom. The Kier molecular flexibility index (Phi) is 7.71. The van der Waals surface area contributed by atoms with E-state index in [-0.39, 0.29) is 12.1 Å². The summed E-state index contributed by atoms with van der Waals surface area (Å²) in [5, 5.41) is 0. The summed E-state index contributed by atoms with van der Waals surface area (Å²) in [7, 11) is 0. The van der Waals surface area contributed by atoms with Crippen molar-refractivity contribution in [2.75, 3.05) is 0 Å². The number of rotatable bonds is 6. The van der Waals surface area contributed by atoms with Crippen molar-refractivity contribution in [3.05, 3.63) is 0 Å². The van der Waals surface area contributed by atoms with Gasteiger partial charge in [-0.15, -0.1) is 0 Å². The highest BCUT2D eigenvalue weighted by Crippen LogP contribution is 2.16. The zero-order chi connectivity index (χ0) is 10.3. The first-order valence-corrected chi connectivity index (χ1v) is 6.13. The molecule has 13 heavy (non-hydrogen) atoms. The molecule has 3 heteroatoms. The largest absolute Gasteiger partial charge is 0.461 e. The Labute approximate surface area is 94.6 Å². The fraction of sp³-hybridized carbons (Fsp3) is 0.900. The molecule has 0 amide bonds. The number of hydrogen-bond donors (Lipinski definition) is 0. The molecule has 2 unspecified atom stereocenters. The van der Waals surface area contributed by atoms with Gasteiger partial charge in [0.15, 0.2) is 0 Å². The highest BCUT2D eigenvalue weighted by molar-refractivity contribution is 14.1. The third-order valence-electron chi connectivity index (χ3n) is 1.92.